The molecule has 0 aromatic heterocycles. The number of amides is 1. The minimum atomic E-state index is -0.459. The number of carbonyl (C=O) groups is 1. The van der Waals surface area contributed by atoms with Crippen LogP contribution in [0.2, 0.25) is 5.02 Å². The predicted molar refractivity (Wildman–Crippen MR) is 73.9 cm³/mol. The third-order valence-corrected chi connectivity index (χ3v) is 3.82. The van der Waals surface area contributed by atoms with Crippen LogP contribution in [0.4, 0.5) is 5.69 Å². The summed E-state index contributed by atoms with van der Waals surface area (Å²) in [6.45, 7) is 3.78. The number of rotatable bonds is 2. The Morgan fingerprint density at radius 3 is 2.83 bits per heavy atom. The number of halogens is 1. The third kappa shape index (κ3) is 2.60. The maximum Gasteiger partial charge on any atom is 0.250 e. The molecule has 5 heteroatoms. The van der Waals surface area contributed by atoms with E-state index in [0.29, 0.717) is 16.5 Å². The van der Waals surface area contributed by atoms with Gasteiger partial charge in [-0.1, -0.05) is 18.5 Å². The Labute approximate surface area is 112 Å². The van der Waals surface area contributed by atoms with Crippen molar-refractivity contribution in [2.24, 2.45) is 17.4 Å². The van der Waals surface area contributed by atoms with Crippen LogP contribution in [0.1, 0.15) is 23.7 Å². The van der Waals surface area contributed by atoms with Gasteiger partial charge in [0.2, 0.25) is 0 Å². The SMILES string of the molecule is CC1CCN(c2ccc(Cl)cc2C(N)=O)CC1N. The van der Waals surface area contributed by atoms with Crippen molar-refractivity contribution in [1.82, 2.24) is 0 Å². The summed E-state index contributed by atoms with van der Waals surface area (Å²) in [6, 6.07) is 5.34. The topological polar surface area (TPSA) is 72.3 Å². The standard InChI is InChI=1S/C13H18ClN3O/c1-8-4-5-17(7-11(8)15)12-3-2-9(14)6-10(12)13(16)18/h2-3,6,8,11H,4-5,7,15H2,1H3,(H2,16,18). The summed E-state index contributed by atoms with van der Waals surface area (Å²) >= 11 is 5.90. The van der Waals surface area contributed by atoms with Gasteiger partial charge in [0, 0.05) is 29.8 Å². The molecule has 4 nitrogen and oxygen atoms in total. The van der Waals surface area contributed by atoms with E-state index in [1.807, 2.05) is 6.07 Å². The van der Waals surface area contributed by atoms with Crippen molar-refractivity contribution < 1.29 is 4.79 Å². The summed E-state index contributed by atoms with van der Waals surface area (Å²) in [5.74, 6) is 0.0465. The monoisotopic (exact) mass is 267 g/mol. The summed E-state index contributed by atoms with van der Waals surface area (Å²) in [4.78, 5) is 13.6. The van der Waals surface area contributed by atoms with Crippen LogP contribution in [0.15, 0.2) is 18.2 Å². The lowest BCUT2D eigenvalue weighted by Gasteiger charge is -2.37. The molecule has 1 saturated heterocycles. The van der Waals surface area contributed by atoms with Gasteiger partial charge >= 0.3 is 0 Å². The van der Waals surface area contributed by atoms with Gasteiger partial charge in [-0.05, 0) is 30.5 Å². The molecule has 4 N–H and O–H groups in total. The normalized spacial score (nSPS) is 24.1. The Kier molecular flexibility index (Phi) is 3.78. The van der Waals surface area contributed by atoms with Gasteiger partial charge in [0.15, 0.2) is 0 Å². The highest BCUT2D eigenvalue weighted by atomic mass is 35.5. The summed E-state index contributed by atoms with van der Waals surface area (Å²) < 4.78 is 0. The van der Waals surface area contributed by atoms with E-state index in [-0.39, 0.29) is 6.04 Å². The molecule has 18 heavy (non-hydrogen) atoms. The van der Waals surface area contributed by atoms with Crippen LogP contribution in [0.25, 0.3) is 0 Å². The zero-order valence-corrected chi connectivity index (χ0v) is 11.2. The maximum absolute atomic E-state index is 11.5. The second-order valence-corrected chi connectivity index (χ2v) is 5.34. The van der Waals surface area contributed by atoms with Crippen molar-refractivity contribution in [2.75, 3.05) is 18.0 Å². The lowest BCUT2D eigenvalue weighted by molar-refractivity contribution is 0.100. The quantitative estimate of drug-likeness (QED) is 0.855. The van der Waals surface area contributed by atoms with Gasteiger partial charge in [-0.3, -0.25) is 4.79 Å². The molecular weight excluding hydrogens is 250 g/mol. The van der Waals surface area contributed by atoms with E-state index < -0.39 is 5.91 Å². The largest absolute Gasteiger partial charge is 0.369 e. The zero-order chi connectivity index (χ0) is 13.3. The second kappa shape index (κ2) is 5.16. The van der Waals surface area contributed by atoms with Crippen LogP contribution in [-0.4, -0.2) is 25.0 Å². The van der Waals surface area contributed by atoms with Crippen LogP contribution in [0, 0.1) is 5.92 Å². The fourth-order valence-electron chi connectivity index (χ4n) is 2.30. The first-order valence-corrected chi connectivity index (χ1v) is 6.46. The van der Waals surface area contributed by atoms with Gasteiger partial charge in [-0.2, -0.15) is 0 Å². The summed E-state index contributed by atoms with van der Waals surface area (Å²) in [5.41, 5.74) is 12.8. The lowest BCUT2D eigenvalue weighted by atomic mass is 9.93. The van der Waals surface area contributed by atoms with E-state index in [0.717, 1.165) is 25.2 Å². The van der Waals surface area contributed by atoms with Crippen molar-refractivity contribution in [3.05, 3.63) is 28.8 Å². The highest BCUT2D eigenvalue weighted by Gasteiger charge is 2.25. The van der Waals surface area contributed by atoms with Crippen molar-refractivity contribution >= 4 is 23.2 Å². The number of anilines is 1. The Morgan fingerprint density at radius 1 is 1.50 bits per heavy atom. The van der Waals surface area contributed by atoms with E-state index in [2.05, 4.69) is 11.8 Å². The average molecular weight is 268 g/mol. The smallest absolute Gasteiger partial charge is 0.250 e. The van der Waals surface area contributed by atoms with Gasteiger partial charge in [0.25, 0.3) is 5.91 Å². The molecule has 1 fully saturated rings. The first-order chi connectivity index (χ1) is 8.49. The van der Waals surface area contributed by atoms with Crippen molar-refractivity contribution in [3.63, 3.8) is 0 Å². The van der Waals surface area contributed by atoms with Gasteiger partial charge in [-0.15, -0.1) is 0 Å². The Bertz CT molecular complexity index is 464. The first kappa shape index (κ1) is 13.2. The number of hydrogen-bond acceptors (Lipinski definition) is 3. The van der Waals surface area contributed by atoms with Crippen LogP contribution in [0.5, 0.6) is 0 Å². The van der Waals surface area contributed by atoms with E-state index in [1.165, 1.54) is 0 Å². The van der Waals surface area contributed by atoms with Crippen molar-refractivity contribution in [1.29, 1.82) is 0 Å². The van der Waals surface area contributed by atoms with E-state index in [9.17, 15) is 4.79 Å². The Morgan fingerprint density at radius 2 is 2.22 bits per heavy atom. The summed E-state index contributed by atoms with van der Waals surface area (Å²) in [5, 5.41) is 0.516. The number of nitrogens with zero attached hydrogens (tertiary/aromatic N) is 1. The predicted octanol–water partition coefficient (Wildman–Crippen LogP) is 1.61. The molecule has 2 rings (SSSR count). The molecule has 0 saturated carbocycles. The third-order valence-electron chi connectivity index (χ3n) is 3.58. The molecule has 1 amide bonds. The molecule has 0 aliphatic carbocycles. The highest BCUT2D eigenvalue weighted by Crippen LogP contribution is 2.27. The van der Waals surface area contributed by atoms with Crippen molar-refractivity contribution in [3.8, 4) is 0 Å². The molecule has 1 aromatic rings. The van der Waals surface area contributed by atoms with Crippen LogP contribution in [0.3, 0.4) is 0 Å². The van der Waals surface area contributed by atoms with Crippen LogP contribution in [-0.2, 0) is 0 Å². The second-order valence-electron chi connectivity index (χ2n) is 4.90. The molecule has 98 valence electrons. The molecule has 1 aliphatic rings. The van der Waals surface area contributed by atoms with Crippen LogP contribution < -0.4 is 16.4 Å². The summed E-state index contributed by atoms with van der Waals surface area (Å²) in [6.07, 6.45) is 1.02. The number of nitrogens with two attached hydrogens (primary N) is 2. The zero-order valence-electron chi connectivity index (χ0n) is 10.4. The number of carbonyl (C=O) groups excluding carboxylic acids is 1. The van der Waals surface area contributed by atoms with E-state index in [1.54, 1.807) is 12.1 Å². The summed E-state index contributed by atoms with van der Waals surface area (Å²) in [7, 11) is 0. The maximum atomic E-state index is 11.5. The van der Waals surface area contributed by atoms with E-state index in [4.69, 9.17) is 23.1 Å². The molecule has 1 aliphatic heterocycles. The molecule has 2 unspecified atom stereocenters. The van der Waals surface area contributed by atoms with Crippen LogP contribution >= 0.6 is 11.6 Å². The van der Waals surface area contributed by atoms with Gasteiger partial charge in [0.05, 0.1) is 5.56 Å². The average Bonchev–Trinajstić information content (AvgIpc) is 2.32. The lowest BCUT2D eigenvalue weighted by Crippen LogP contribution is -2.48. The molecule has 1 aromatic carbocycles. The fourth-order valence-corrected chi connectivity index (χ4v) is 2.47. The number of piperidine rings is 1. The van der Waals surface area contributed by atoms with Gasteiger partial charge < -0.3 is 16.4 Å². The Balaban J connectivity index is 2.30. The molecule has 0 radical (unpaired) electrons. The molecular formula is C13H18ClN3O. The minimum absolute atomic E-state index is 0.121. The van der Waals surface area contributed by atoms with Gasteiger partial charge in [0.1, 0.15) is 0 Å². The minimum Gasteiger partial charge on any atom is -0.369 e. The molecule has 0 spiro atoms. The molecule has 0 bridgehead atoms. The molecule has 1 heterocycles. The first-order valence-electron chi connectivity index (χ1n) is 6.09. The van der Waals surface area contributed by atoms with Gasteiger partial charge in [-0.25, -0.2) is 0 Å². The van der Waals surface area contributed by atoms with E-state index >= 15 is 0 Å². The number of hydrogen-bond donors (Lipinski definition) is 2. The highest BCUT2D eigenvalue weighted by molar-refractivity contribution is 6.31. The Hall–Kier alpha value is -1.26. The fraction of sp³-hybridized carbons (Fsp3) is 0.462. The van der Waals surface area contributed by atoms with Crippen molar-refractivity contribution in [2.45, 2.75) is 19.4 Å². The number of benzene rings is 1. The number of primary amides is 1. The molecule has 2 atom stereocenters.